The second kappa shape index (κ2) is 5.83. The summed E-state index contributed by atoms with van der Waals surface area (Å²) in [6.45, 7) is 6.90. The lowest BCUT2D eigenvalue weighted by Gasteiger charge is -2.36. The first-order valence-corrected chi connectivity index (χ1v) is 6.64. The summed E-state index contributed by atoms with van der Waals surface area (Å²) in [6, 6.07) is 7.43. The van der Waals surface area contributed by atoms with Gasteiger partial charge in [-0.1, -0.05) is 23.8 Å². The minimum absolute atomic E-state index is 0.366. The summed E-state index contributed by atoms with van der Waals surface area (Å²) in [6.07, 6.45) is 0. The fourth-order valence-electron chi connectivity index (χ4n) is 2.72. The molecule has 0 spiro atoms. The minimum atomic E-state index is 0.366. The molecule has 0 bridgehead atoms. The summed E-state index contributed by atoms with van der Waals surface area (Å²) in [5.41, 5.74) is 4.08. The van der Waals surface area contributed by atoms with Crippen LogP contribution in [-0.4, -0.2) is 44.8 Å². The minimum Gasteiger partial charge on any atom is -0.378 e. The van der Waals surface area contributed by atoms with Gasteiger partial charge in [-0.05, 0) is 39.1 Å². The van der Waals surface area contributed by atoms with Crippen molar-refractivity contribution in [2.75, 3.05) is 33.9 Å². The largest absolute Gasteiger partial charge is 0.378 e. The highest BCUT2D eigenvalue weighted by molar-refractivity contribution is 5.34. The summed E-state index contributed by atoms with van der Waals surface area (Å²) in [5, 5.41) is 3.58. The average molecular weight is 248 g/mol. The van der Waals surface area contributed by atoms with Crippen molar-refractivity contribution in [3.63, 3.8) is 0 Å². The molecule has 0 radical (unpaired) electrons. The third-order valence-electron chi connectivity index (χ3n) is 3.64. The van der Waals surface area contributed by atoms with E-state index in [1.165, 1.54) is 16.7 Å². The zero-order chi connectivity index (χ0) is 13.1. The number of ether oxygens (including phenoxy) is 1. The maximum atomic E-state index is 5.62. The lowest BCUT2D eigenvalue weighted by molar-refractivity contribution is 0.0458. The monoisotopic (exact) mass is 248 g/mol. The van der Waals surface area contributed by atoms with Crippen molar-refractivity contribution < 1.29 is 4.74 Å². The van der Waals surface area contributed by atoms with Gasteiger partial charge in [0.25, 0.3) is 0 Å². The van der Waals surface area contributed by atoms with Crippen LogP contribution < -0.4 is 5.32 Å². The molecule has 1 aliphatic rings. The van der Waals surface area contributed by atoms with Gasteiger partial charge >= 0.3 is 0 Å². The number of hydrogen-bond acceptors (Lipinski definition) is 3. The molecule has 0 amide bonds. The Morgan fingerprint density at radius 2 is 2.11 bits per heavy atom. The number of nitrogens with zero attached hydrogens (tertiary/aromatic N) is 1. The highest BCUT2D eigenvalue weighted by Crippen LogP contribution is 2.27. The van der Waals surface area contributed by atoms with Crippen LogP contribution in [0.5, 0.6) is 0 Å². The smallest absolute Gasteiger partial charge is 0.0639 e. The summed E-state index contributed by atoms with van der Waals surface area (Å²) in [7, 11) is 4.28. The summed E-state index contributed by atoms with van der Waals surface area (Å²) < 4.78 is 5.62. The Labute approximate surface area is 110 Å². The van der Waals surface area contributed by atoms with E-state index >= 15 is 0 Å². The second-order valence-corrected chi connectivity index (χ2v) is 5.40. The average Bonchev–Trinajstić information content (AvgIpc) is 2.35. The molecule has 2 rings (SSSR count). The molecule has 1 aromatic carbocycles. The van der Waals surface area contributed by atoms with E-state index in [1.54, 1.807) is 0 Å². The number of rotatable bonds is 3. The Morgan fingerprint density at radius 3 is 2.72 bits per heavy atom. The predicted octanol–water partition coefficient (Wildman–Crippen LogP) is 1.89. The molecule has 0 aliphatic carbocycles. The Hall–Kier alpha value is -0.900. The molecule has 3 nitrogen and oxygen atoms in total. The van der Waals surface area contributed by atoms with Gasteiger partial charge in [0.15, 0.2) is 0 Å². The maximum absolute atomic E-state index is 5.62. The molecule has 1 saturated heterocycles. The quantitative estimate of drug-likeness (QED) is 0.884. The van der Waals surface area contributed by atoms with Crippen LogP contribution >= 0.6 is 0 Å². The molecule has 1 fully saturated rings. The normalized spacial score (nSPS) is 22.2. The van der Waals surface area contributed by atoms with Crippen LogP contribution in [0.4, 0.5) is 0 Å². The van der Waals surface area contributed by atoms with Gasteiger partial charge in [-0.15, -0.1) is 0 Å². The fourth-order valence-corrected chi connectivity index (χ4v) is 2.72. The van der Waals surface area contributed by atoms with Crippen LogP contribution in [0.15, 0.2) is 18.2 Å². The molecular formula is C15H24N2O. The summed E-state index contributed by atoms with van der Waals surface area (Å²) in [5.74, 6) is 0. The number of likely N-dealkylation sites (N-methyl/N-ethyl adjacent to an activating group) is 1. The van der Waals surface area contributed by atoms with E-state index in [-0.39, 0.29) is 0 Å². The van der Waals surface area contributed by atoms with Crippen molar-refractivity contribution >= 4 is 0 Å². The van der Waals surface area contributed by atoms with Crippen molar-refractivity contribution in [2.24, 2.45) is 0 Å². The third-order valence-corrected chi connectivity index (χ3v) is 3.64. The molecule has 100 valence electrons. The van der Waals surface area contributed by atoms with E-state index in [1.807, 2.05) is 0 Å². The van der Waals surface area contributed by atoms with E-state index in [0.29, 0.717) is 12.1 Å². The van der Waals surface area contributed by atoms with Gasteiger partial charge in [0.1, 0.15) is 0 Å². The standard InChI is InChI=1S/C15H24N2O/c1-11-5-6-12(2)13(9-11)15(17(3)4)14-10-18-8-7-16-14/h5-6,9,14-16H,7-8,10H2,1-4H3. The van der Waals surface area contributed by atoms with Crippen molar-refractivity contribution in [2.45, 2.75) is 25.9 Å². The highest BCUT2D eigenvalue weighted by Gasteiger charge is 2.28. The number of nitrogens with one attached hydrogen (secondary N) is 1. The molecule has 0 saturated carbocycles. The topological polar surface area (TPSA) is 24.5 Å². The number of benzene rings is 1. The lowest BCUT2D eigenvalue weighted by atomic mass is 9.93. The van der Waals surface area contributed by atoms with E-state index in [0.717, 1.165) is 19.8 Å². The van der Waals surface area contributed by atoms with Gasteiger partial charge in [-0.25, -0.2) is 0 Å². The first-order chi connectivity index (χ1) is 8.59. The van der Waals surface area contributed by atoms with Crippen LogP contribution in [-0.2, 0) is 4.74 Å². The van der Waals surface area contributed by atoms with Crippen LogP contribution in [0.1, 0.15) is 22.7 Å². The second-order valence-electron chi connectivity index (χ2n) is 5.40. The SMILES string of the molecule is Cc1ccc(C)c(C(C2COCCN2)N(C)C)c1. The van der Waals surface area contributed by atoms with Gasteiger partial charge in [-0.3, -0.25) is 0 Å². The Kier molecular flexibility index (Phi) is 4.38. The molecule has 1 N–H and O–H groups in total. The Bertz CT molecular complexity index is 397. The zero-order valence-corrected chi connectivity index (χ0v) is 11.9. The third kappa shape index (κ3) is 2.91. The van der Waals surface area contributed by atoms with E-state index in [4.69, 9.17) is 4.74 Å². The molecular weight excluding hydrogens is 224 g/mol. The molecule has 3 heteroatoms. The molecule has 1 heterocycles. The molecule has 2 unspecified atom stereocenters. The number of hydrogen-bond donors (Lipinski definition) is 1. The van der Waals surface area contributed by atoms with Crippen LogP contribution in [0, 0.1) is 13.8 Å². The number of morpholine rings is 1. The molecule has 0 aromatic heterocycles. The van der Waals surface area contributed by atoms with Gasteiger partial charge in [0.2, 0.25) is 0 Å². The van der Waals surface area contributed by atoms with Crippen molar-refractivity contribution in [1.29, 1.82) is 0 Å². The van der Waals surface area contributed by atoms with Gasteiger partial charge in [0, 0.05) is 6.54 Å². The summed E-state index contributed by atoms with van der Waals surface area (Å²) in [4.78, 5) is 2.29. The molecule has 18 heavy (non-hydrogen) atoms. The molecule has 1 aromatic rings. The lowest BCUT2D eigenvalue weighted by Crippen LogP contribution is -2.49. The van der Waals surface area contributed by atoms with Gasteiger partial charge in [-0.2, -0.15) is 0 Å². The van der Waals surface area contributed by atoms with E-state index in [2.05, 4.69) is 56.4 Å². The predicted molar refractivity (Wildman–Crippen MR) is 75.0 cm³/mol. The van der Waals surface area contributed by atoms with Crippen molar-refractivity contribution in [3.8, 4) is 0 Å². The van der Waals surface area contributed by atoms with Crippen LogP contribution in [0.25, 0.3) is 0 Å². The van der Waals surface area contributed by atoms with Gasteiger partial charge in [0.05, 0.1) is 25.3 Å². The van der Waals surface area contributed by atoms with Crippen molar-refractivity contribution in [1.82, 2.24) is 10.2 Å². The zero-order valence-electron chi connectivity index (χ0n) is 11.9. The molecule has 2 atom stereocenters. The highest BCUT2D eigenvalue weighted by atomic mass is 16.5. The maximum Gasteiger partial charge on any atom is 0.0639 e. The summed E-state index contributed by atoms with van der Waals surface area (Å²) >= 11 is 0. The molecule has 1 aliphatic heterocycles. The first kappa shape index (κ1) is 13.5. The number of aryl methyl sites for hydroxylation is 2. The fraction of sp³-hybridized carbons (Fsp3) is 0.600. The van der Waals surface area contributed by atoms with E-state index in [9.17, 15) is 0 Å². The first-order valence-electron chi connectivity index (χ1n) is 6.64. The van der Waals surface area contributed by atoms with Crippen LogP contribution in [0.2, 0.25) is 0 Å². The van der Waals surface area contributed by atoms with Crippen molar-refractivity contribution in [3.05, 3.63) is 34.9 Å². The van der Waals surface area contributed by atoms with Gasteiger partial charge < -0.3 is 15.0 Å². The Balaban J connectivity index is 2.31. The van der Waals surface area contributed by atoms with Crippen LogP contribution in [0.3, 0.4) is 0 Å². The van der Waals surface area contributed by atoms with E-state index < -0.39 is 0 Å². The Morgan fingerprint density at radius 1 is 1.33 bits per heavy atom.